The van der Waals surface area contributed by atoms with E-state index < -0.39 is 11.6 Å². The van der Waals surface area contributed by atoms with Crippen molar-refractivity contribution in [2.75, 3.05) is 12.8 Å². The van der Waals surface area contributed by atoms with Crippen LogP contribution in [0.2, 0.25) is 0 Å². The molecule has 0 radical (unpaired) electrons. The van der Waals surface area contributed by atoms with Gasteiger partial charge in [-0.25, -0.2) is 8.78 Å². The van der Waals surface area contributed by atoms with Gasteiger partial charge in [0, 0.05) is 18.0 Å². The van der Waals surface area contributed by atoms with Crippen LogP contribution in [0.1, 0.15) is 38.5 Å². The molecular weight excluding hydrogens is 292 g/mol. The molecular formula is C16H21F2NOS. The number of carbonyl (C=O) groups is 1. The van der Waals surface area contributed by atoms with Crippen LogP contribution in [0.4, 0.5) is 8.78 Å². The third kappa shape index (κ3) is 4.70. The normalized spacial score (nSPS) is 16.5. The highest BCUT2D eigenvalue weighted by molar-refractivity contribution is 8.00. The third-order valence-electron chi connectivity index (χ3n) is 4.02. The zero-order valence-corrected chi connectivity index (χ0v) is 13.1. The summed E-state index contributed by atoms with van der Waals surface area (Å²) < 4.78 is 26.0. The van der Waals surface area contributed by atoms with Crippen LogP contribution in [0.15, 0.2) is 23.1 Å². The van der Waals surface area contributed by atoms with E-state index in [2.05, 4.69) is 0 Å². The Bertz CT molecular complexity index is 487. The second kappa shape index (κ2) is 7.78. The molecule has 2 nitrogen and oxygen atoms in total. The molecule has 0 heterocycles. The second-order valence-corrected chi connectivity index (χ2v) is 6.56. The summed E-state index contributed by atoms with van der Waals surface area (Å²) in [6.45, 7) is 0. The van der Waals surface area contributed by atoms with Gasteiger partial charge in [-0.15, -0.1) is 11.8 Å². The Balaban J connectivity index is 1.86. The van der Waals surface area contributed by atoms with Crippen molar-refractivity contribution >= 4 is 17.7 Å². The van der Waals surface area contributed by atoms with Crippen LogP contribution in [0.5, 0.6) is 0 Å². The lowest BCUT2D eigenvalue weighted by atomic mass is 10.1. The van der Waals surface area contributed by atoms with E-state index in [0.717, 1.165) is 25.0 Å². The van der Waals surface area contributed by atoms with Gasteiger partial charge in [-0.1, -0.05) is 25.7 Å². The highest BCUT2D eigenvalue weighted by Gasteiger charge is 2.21. The molecule has 0 N–H and O–H groups in total. The molecule has 21 heavy (non-hydrogen) atoms. The van der Waals surface area contributed by atoms with E-state index in [0.29, 0.717) is 10.9 Å². The van der Waals surface area contributed by atoms with Gasteiger partial charge in [0.1, 0.15) is 0 Å². The Morgan fingerprint density at radius 1 is 1.19 bits per heavy atom. The number of nitrogens with zero attached hydrogens (tertiary/aromatic N) is 1. The number of hydrogen-bond donors (Lipinski definition) is 0. The lowest BCUT2D eigenvalue weighted by molar-refractivity contribution is -0.129. The second-order valence-electron chi connectivity index (χ2n) is 5.51. The Morgan fingerprint density at radius 3 is 2.48 bits per heavy atom. The number of halogens is 2. The zero-order chi connectivity index (χ0) is 15.2. The van der Waals surface area contributed by atoms with E-state index in [4.69, 9.17) is 0 Å². The minimum absolute atomic E-state index is 0.0524. The van der Waals surface area contributed by atoms with E-state index in [-0.39, 0.29) is 11.7 Å². The summed E-state index contributed by atoms with van der Waals surface area (Å²) in [6, 6.07) is 4.06. The molecule has 0 atom stereocenters. The van der Waals surface area contributed by atoms with Crippen LogP contribution >= 0.6 is 11.8 Å². The van der Waals surface area contributed by atoms with Crippen molar-refractivity contribution in [1.82, 2.24) is 4.90 Å². The first-order chi connectivity index (χ1) is 10.1. The Kier molecular flexibility index (Phi) is 6.03. The van der Waals surface area contributed by atoms with Crippen molar-refractivity contribution in [2.45, 2.75) is 49.5 Å². The largest absolute Gasteiger partial charge is 0.342 e. The molecule has 0 unspecified atom stereocenters. The topological polar surface area (TPSA) is 20.3 Å². The summed E-state index contributed by atoms with van der Waals surface area (Å²) in [5.74, 6) is -1.42. The van der Waals surface area contributed by atoms with Gasteiger partial charge in [0.2, 0.25) is 5.91 Å². The number of benzene rings is 1. The number of rotatable bonds is 4. The molecule has 5 heteroatoms. The molecule has 1 amide bonds. The summed E-state index contributed by atoms with van der Waals surface area (Å²) in [5, 5.41) is 0. The molecule has 1 saturated carbocycles. The van der Waals surface area contributed by atoms with Gasteiger partial charge in [-0.2, -0.15) is 0 Å². The zero-order valence-electron chi connectivity index (χ0n) is 12.3. The summed E-state index contributed by atoms with van der Waals surface area (Å²) >= 11 is 1.25. The Morgan fingerprint density at radius 2 is 1.86 bits per heavy atom. The molecule has 1 aliphatic carbocycles. The monoisotopic (exact) mass is 313 g/mol. The summed E-state index contributed by atoms with van der Waals surface area (Å²) in [4.78, 5) is 14.6. The molecule has 0 bridgehead atoms. The predicted octanol–water partition coefficient (Wildman–Crippen LogP) is 4.24. The maximum absolute atomic E-state index is 13.1. The fraction of sp³-hybridized carbons (Fsp3) is 0.562. The van der Waals surface area contributed by atoms with Crippen molar-refractivity contribution in [3.05, 3.63) is 29.8 Å². The maximum Gasteiger partial charge on any atom is 0.232 e. The standard InChI is InChI=1S/C16H21F2NOS/c1-19(12-6-4-2-3-5-7-12)16(20)11-21-13-8-9-14(17)15(18)10-13/h8-10,12H,2-7,11H2,1H3. The molecule has 0 saturated heterocycles. The SMILES string of the molecule is CN(C(=O)CSc1ccc(F)c(F)c1)C1CCCCCC1. The maximum atomic E-state index is 13.1. The van der Waals surface area contributed by atoms with Crippen molar-refractivity contribution in [1.29, 1.82) is 0 Å². The van der Waals surface area contributed by atoms with Crippen LogP contribution in [0.25, 0.3) is 0 Å². The van der Waals surface area contributed by atoms with Crippen LogP contribution in [-0.4, -0.2) is 29.6 Å². The minimum Gasteiger partial charge on any atom is -0.342 e. The number of amides is 1. The van der Waals surface area contributed by atoms with Gasteiger partial charge in [-0.05, 0) is 31.0 Å². The first-order valence-corrected chi connectivity index (χ1v) is 8.40. The summed E-state index contributed by atoms with van der Waals surface area (Å²) in [5.41, 5.74) is 0. The summed E-state index contributed by atoms with van der Waals surface area (Å²) in [6.07, 6.45) is 7.00. The fourth-order valence-electron chi connectivity index (χ4n) is 2.66. The average Bonchev–Trinajstić information content (AvgIpc) is 2.76. The molecule has 1 aromatic rings. The van der Waals surface area contributed by atoms with Crippen molar-refractivity contribution < 1.29 is 13.6 Å². The fourth-order valence-corrected chi connectivity index (χ4v) is 3.51. The number of hydrogen-bond acceptors (Lipinski definition) is 2. The van der Waals surface area contributed by atoms with Gasteiger partial charge in [0.25, 0.3) is 0 Å². The molecule has 1 fully saturated rings. The van der Waals surface area contributed by atoms with E-state index in [1.165, 1.54) is 43.5 Å². The predicted molar refractivity (Wildman–Crippen MR) is 81.3 cm³/mol. The van der Waals surface area contributed by atoms with Crippen molar-refractivity contribution in [3.8, 4) is 0 Å². The average molecular weight is 313 g/mol. The quantitative estimate of drug-likeness (QED) is 0.612. The highest BCUT2D eigenvalue weighted by atomic mass is 32.2. The van der Waals surface area contributed by atoms with Gasteiger partial charge in [-0.3, -0.25) is 4.79 Å². The first kappa shape index (κ1) is 16.3. The van der Waals surface area contributed by atoms with Gasteiger partial charge < -0.3 is 4.90 Å². The Labute approximate surface area is 128 Å². The molecule has 116 valence electrons. The number of carbonyl (C=O) groups excluding carboxylic acids is 1. The van der Waals surface area contributed by atoms with Crippen molar-refractivity contribution in [3.63, 3.8) is 0 Å². The minimum atomic E-state index is -0.871. The van der Waals surface area contributed by atoms with E-state index in [1.54, 1.807) is 0 Å². The molecule has 1 aromatic carbocycles. The first-order valence-electron chi connectivity index (χ1n) is 7.41. The van der Waals surface area contributed by atoms with Crippen LogP contribution < -0.4 is 0 Å². The van der Waals surface area contributed by atoms with Gasteiger partial charge >= 0.3 is 0 Å². The molecule has 1 aliphatic rings. The summed E-state index contributed by atoms with van der Waals surface area (Å²) in [7, 11) is 1.85. The van der Waals surface area contributed by atoms with Gasteiger partial charge in [0.05, 0.1) is 5.75 Å². The third-order valence-corrected chi connectivity index (χ3v) is 5.00. The molecule has 0 aromatic heterocycles. The van der Waals surface area contributed by atoms with E-state index in [9.17, 15) is 13.6 Å². The highest BCUT2D eigenvalue weighted by Crippen LogP contribution is 2.24. The van der Waals surface area contributed by atoms with Crippen LogP contribution in [-0.2, 0) is 4.79 Å². The van der Waals surface area contributed by atoms with Gasteiger partial charge in [0.15, 0.2) is 11.6 Å². The van der Waals surface area contributed by atoms with E-state index >= 15 is 0 Å². The molecule has 2 rings (SSSR count). The lowest BCUT2D eigenvalue weighted by Gasteiger charge is -2.27. The molecule has 0 spiro atoms. The molecule has 0 aliphatic heterocycles. The lowest BCUT2D eigenvalue weighted by Crippen LogP contribution is -2.37. The van der Waals surface area contributed by atoms with Crippen LogP contribution in [0.3, 0.4) is 0 Å². The van der Waals surface area contributed by atoms with E-state index in [1.807, 2.05) is 11.9 Å². The smallest absolute Gasteiger partial charge is 0.232 e. The number of thioether (sulfide) groups is 1. The van der Waals surface area contributed by atoms with Crippen molar-refractivity contribution in [2.24, 2.45) is 0 Å². The van der Waals surface area contributed by atoms with Crippen LogP contribution in [0, 0.1) is 11.6 Å². The Hall–Kier alpha value is -1.10.